The third-order valence-corrected chi connectivity index (χ3v) is 6.78. The van der Waals surface area contributed by atoms with Crippen LogP contribution in [0.5, 0.6) is 11.5 Å². The van der Waals surface area contributed by atoms with Gasteiger partial charge in [-0.2, -0.15) is 0 Å². The number of nitrogens with zero attached hydrogens (tertiary/aromatic N) is 3. The van der Waals surface area contributed by atoms with Crippen molar-refractivity contribution in [1.82, 2.24) is 14.9 Å². The zero-order chi connectivity index (χ0) is 20.9. The molecule has 30 heavy (non-hydrogen) atoms. The highest BCUT2D eigenvalue weighted by Gasteiger charge is 2.16. The number of methoxy groups -OCH3 is 2. The van der Waals surface area contributed by atoms with Crippen LogP contribution >= 0.6 is 27.7 Å². The van der Waals surface area contributed by atoms with E-state index >= 15 is 0 Å². The van der Waals surface area contributed by atoms with Crippen LogP contribution in [-0.4, -0.2) is 55.4 Å². The van der Waals surface area contributed by atoms with Crippen molar-refractivity contribution in [3.8, 4) is 11.5 Å². The summed E-state index contributed by atoms with van der Waals surface area (Å²) in [4.78, 5) is 12.1. The summed E-state index contributed by atoms with van der Waals surface area (Å²) >= 11 is 5.36. The molecule has 0 radical (unpaired) electrons. The molecule has 0 unspecified atom stereocenters. The Morgan fingerprint density at radius 1 is 1.07 bits per heavy atom. The largest absolute Gasteiger partial charge is 0.493 e. The van der Waals surface area contributed by atoms with E-state index in [4.69, 9.17) is 24.2 Å². The molecular weight excluding hydrogens is 466 g/mol. The molecule has 1 aromatic heterocycles. The van der Waals surface area contributed by atoms with Crippen LogP contribution in [0.15, 0.2) is 45.9 Å². The van der Waals surface area contributed by atoms with Crippen LogP contribution in [-0.2, 0) is 17.0 Å². The fourth-order valence-electron chi connectivity index (χ4n) is 3.39. The summed E-state index contributed by atoms with van der Waals surface area (Å²) < 4.78 is 17.3. The number of ether oxygens (including phenoxy) is 3. The Balaban J connectivity index is 1.60. The van der Waals surface area contributed by atoms with Gasteiger partial charge in [0.1, 0.15) is 10.9 Å². The van der Waals surface area contributed by atoms with Crippen LogP contribution in [0.2, 0.25) is 0 Å². The van der Waals surface area contributed by atoms with Gasteiger partial charge in [-0.3, -0.25) is 4.90 Å². The molecule has 0 aliphatic carbocycles. The molecule has 1 saturated heterocycles. The highest BCUT2D eigenvalue weighted by molar-refractivity contribution is 9.10. The molecule has 0 N–H and O–H groups in total. The van der Waals surface area contributed by atoms with E-state index in [0.717, 1.165) is 76.1 Å². The lowest BCUT2D eigenvalue weighted by atomic mass is 10.2. The average molecular weight is 490 g/mol. The van der Waals surface area contributed by atoms with Gasteiger partial charge in [0.05, 0.1) is 39.5 Å². The smallest absolute Gasteiger partial charge is 0.161 e. The van der Waals surface area contributed by atoms with Crippen molar-refractivity contribution in [2.24, 2.45) is 0 Å². The fourth-order valence-corrected chi connectivity index (χ4v) is 5.06. The summed E-state index contributed by atoms with van der Waals surface area (Å²) in [6.45, 7) is 4.10. The molecule has 0 saturated carbocycles. The van der Waals surface area contributed by atoms with E-state index < -0.39 is 0 Å². The third kappa shape index (κ3) is 4.88. The van der Waals surface area contributed by atoms with E-state index in [1.807, 2.05) is 24.3 Å². The van der Waals surface area contributed by atoms with Crippen molar-refractivity contribution in [3.05, 3.63) is 52.3 Å². The van der Waals surface area contributed by atoms with Crippen LogP contribution in [0.3, 0.4) is 0 Å². The SMILES string of the molecule is COc1cc(Br)c(CSc2nc(CN3CCOCC3)nc3ccccc23)cc1OC. The van der Waals surface area contributed by atoms with E-state index in [0.29, 0.717) is 5.75 Å². The minimum atomic E-state index is 0.707. The van der Waals surface area contributed by atoms with Crippen molar-refractivity contribution in [2.45, 2.75) is 17.3 Å². The second-order valence-corrected chi connectivity index (χ2v) is 8.76. The molecule has 0 atom stereocenters. The first kappa shape index (κ1) is 21.4. The second-order valence-electron chi connectivity index (χ2n) is 6.94. The quantitative estimate of drug-likeness (QED) is 0.356. The average Bonchev–Trinajstić information content (AvgIpc) is 2.78. The molecule has 2 heterocycles. The molecule has 1 aliphatic rings. The fraction of sp³-hybridized carbons (Fsp3) is 0.364. The Morgan fingerprint density at radius 3 is 2.57 bits per heavy atom. The van der Waals surface area contributed by atoms with E-state index in [1.165, 1.54) is 0 Å². The van der Waals surface area contributed by atoms with Gasteiger partial charge in [-0.1, -0.05) is 34.1 Å². The third-order valence-electron chi connectivity index (χ3n) is 5.00. The van der Waals surface area contributed by atoms with Gasteiger partial charge in [-0.15, -0.1) is 11.8 Å². The Kier molecular flexibility index (Phi) is 7.09. The van der Waals surface area contributed by atoms with Crippen molar-refractivity contribution >= 4 is 38.6 Å². The predicted octanol–water partition coefficient (Wildman–Crippen LogP) is 4.53. The molecule has 158 valence electrons. The lowest BCUT2D eigenvalue weighted by molar-refractivity contribution is 0.0330. The zero-order valence-electron chi connectivity index (χ0n) is 17.1. The second kappa shape index (κ2) is 9.96. The number of fused-ring (bicyclic) bond motifs is 1. The van der Waals surface area contributed by atoms with Gasteiger partial charge in [-0.05, 0) is 23.8 Å². The number of halogens is 1. The number of para-hydroxylation sites is 1. The molecule has 3 aromatic rings. The summed E-state index contributed by atoms with van der Waals surface area (Å²) in [7, 11) is 3.29. The highest BCUT2D eigenvalue weighted by Crippen LogP contribution is 2.37. The van der Waals surface area contributed by atoms with Crippen LogP contribution in [0.4, 0.5) is 0 Å². The summed E-state index contributed by atoms with van der Waals surface area (Å²) in [6.07, 6.45) is 0. The maximum Gasteiger partial charge on any atom is 0.161 e. The van der Waals surface area contributed by atoms with Gasteiger partial charge in [-0.25, -0.2) is 9.97 Å². The minimum absolute atomic E-state index is 0.707. The van der Waals surface area contributed by atoms with Gasteiger partial charge in [0.15, 0.2) is 11.5 Å². The monoisotopic (exact) mass is 489 g/mol. The van der Waals surface area contributed by atoms with Crippen molar-refractivity contribution in [1.29, 1.82) is 0 Å². The van der Waals surface area contributed by atoms with Crippen molar-refractivity contribution < 1.29 is 14.2 Å². The van der Waals surface area contributed by atoms with Crippen LogP contribution in [0.1, 0.15) is 11.4 Å². The van der Waals surface area contributed by atoms with Gasteiger partial charge in [0.2, 0.25) is 0 Å². The van der Waals surface area contributed by atoms with Crippen LogP contribution in [0.25, 0.3) is 10.9 Å². The summed E-state index contributed by atoms with van der Waals surface area (Å²) in [6, 6.07) is 12.1. The number of rotatable bonds is 7. The number of hydrogen-bond acceptors (Lipinski definition) is 7. The first-order chi connectivity index (χ1) is 14.7. The molecule has 0 bridgehead atoms. The van der Waals surface area contributed by atoms with E-state index in [9.17, 15) is 0 Å². The van der Waals surface area contributed by atoms with Gasteiger partial charge < -0.3 is 14.2 Å². The highest BCUT2D eigenvalue weighted by atomic mass is 79.9. The van der Waals surface area contributed by atoms with E-state index in [1.54, 1.807) is 26.0 Å². The van der Waals surface area contributed by atoms with E-state index in [-0.39, 0.29) is 0 Å². The van der Waals surface area contributed by atoms with Crippen molar-refractivity contribution in [2.75, 3.05) is 40.5 Å². The number of morpholine rings is 1. The Labute approximate surface area is 189 Å². The van der Waals surface area contributed by atoms with Crippen molar-refractivity contribution in [3.63, 3.8) is 0 Å². The molecule has 2 aromatic carbocycles. The molecule has 0 amide bonds. The Morgan fingerprint density at radius 2 is 1.80 bits per heavy atom. The topological polar surface area (TPSA) is 56.7 Å². The molecular formula is C22H24BrN3O3S. The Hall–Kier alpha value is -1.87. The number of aromatic nitrogens is 2. The molecule has 8 heteroatoms. The molecule has 4 rings (SSSR count). The van der Waals surface area contributed by atoms with E-state index in [2.05, 4.69) is 33.0 Å². The zero-order valence-corrected chi connectivity index (χ0v) is 19.5. The predicted molar refractivity (Wildman–Crippen MR) is 122 cm³/mol. The number of hydrogen-bond donors (Lipinski definition) is 0. The molecule has 1 fully saturated rings. The maximum absolute atomic E-state index is 5.46. The standard InChI is InChI=1S/C22H24BrN3O3S/c1-27-19-11-15(17(23)12-20(19)28-2)14-30-22-16-5-3-4-6-18(16)24-21(25-22)13-26-7-9-29-10-8-26/h3-6,11-12H,7-10,13-14H2,1-2H3. The number of benzene rings is 2. The summed E-state index contributed by atoms with van der Waals surface area (Å²) in [5, 5.41) is 2.07. The lowest BCUT2D eigenvalue weighted by Gasteiger charge is -2.25. The first-order valence-electron chi connectivity index (χ1n) is 9.77. The van der Waals surface area contributed by atoms with Gasteiger partial charge in [0, 0.05) is 28.7 Å². The maximum atomic E-state index is 5.46. The van der Waals surface area contributed by atoms with Crippen LogP contribution < -0.4 is 9.47 Å². The minimum Gasteiger partial charge on any atom is -0.493 e. The van der Waals surface area contributed by atoms with Gasteiger partial charge >= 0.3 is 0 Å². The van der Waals surface area contributed by atoms with Gasteiger partial charge in [0.25, 0.3) is 0 Å². The number of thioether (sulfide) groups is 1. The summed E-state index contributed by atoms with van der Waals surface area (Å²) in [5.74, 6) is 3.03. The molecule has 0 spiro atoms. The van der Waals surface area contributed by atoms with Crippen LogP contribution in [0, 0.1) is 0 Å². The molecule has 1 aliphatic heterocycles. The summed E-state index contributed by atoms with van der Waals surface area (Å²) in [5.41, 5.74) is 2.10. The first-order valence-corrected chi connectivity index (χ1v) is 11.5. The molecule has 6 nitrogen and oxygen atoms in total. The lowest BCUT2D eigenvalue weighted by Crippen LogP contribution is -2.36. The normalized spacial score (nSPS) is 14.8. The Bertz CT molecular complexity index is 1030.